The molecule has 0 aromatic heterocycles. The Kier molecular flexibility index (Phi) is 3.30. The first-order valence-electron chi connectivity index (χ1n) is 7.92. The Bertz CT molecular complexity index is 416. The molecule has 2 saturated carbocycles. The van der Waals surface area contributed by atoms with Crippen molar-refractivity contribution in [3.63, 3.8) is 0 Å². The van der Waals surface area contributed by atoms with E-state index in [-0.39, 0.29) is 23.8 Å². The van der Waals surface area contributed by atoms with Gasteiger partial charge in [-0.2, -0.15) is 0 Å². The summed E-state index contributed by atoms with van der Waals surface area (Å²) in [6.45, 7) is 6.34. The molecule has 112 valence electrons. The van der Waals surface area contributed by atoms with Gasteiger partial charge in [-0.25, -0.2) is 4.79 Å². The predicted octanol–water partition coefficient (Wildman–Crippen LogP) is 2.37. The molecule has 0 aromatic carbocycles. The minimum absolute atomic E-state index is 0.215. The van der Waals surface area contributed by atoms with E-state index in [1.165, 1.54) is 19.3 Å². The van der Waals surface area contributed by atoms with Crippen LogP contribution in [0.3, 0.4) is 0 Å². The summed E-state index contributed by atoms with van der Waals surface area (Å²) in [5, 5.41) is 0. The van der Waals surface area contributed by atoms with Crippen molar-refractivity contribution >= 4 is 11.9 Å². The lowest BCUT2D eigenvalue weighted by Gasteiger charge is -2.28. The van der Waals surface area contributed by atoms with Crippen LogP contribution in [-0.4, -0.2) is 35.0 Å². The van der Waals surface area contributed by atoms with E-state index >= 15 is 0 Å². The highest BCUT2D eigenvalue weighted by atomic mass is 16.6. The fourth-order valence-electron chi connectivity index (χ4n) is 4.02. The van der Waals surface area contributed by atoms with Crippen molar-refractivity contribution in [2.45, 2.75) is 64.5 Å². The zero-order valence-electron chi connectivity index (χ0n) is 12.7. The quantitative estimate of drug-likeness (QED) is 0.729. The van der Waals surface area contributed by atoms with Gasteiger partial charge in [0, 0.05) is 12.5 Å². The van der Waals surface area contributed by atoms with Gasteiger partial charge in [-0.15, -0.1) is 0 Å². The monoisotopic (exact) mass is 279 g/mol. The molecule has 0 bridgehead atoms. The van der Waals surface area contributed by atoms with E-state index in [4.69, 9.17) is 4.74 Å². The maximum absolute atomic E-state index is 12.6. The fraction of sp³-hybridized carbons (Fsp3) is 0.875. The first-order valence-corrected chi connectivity index (χ1v) is 7.92. The van der Waals surface area contributed by atoms with Crippen molar-refractivity contribution in [1.82, 2.24) is 4.90 Å². The maximum atomic E-state index is 12.6. The fourth-order valence-corrected chi connectivity index (χ4v) is 4.02. The summed E-state index contributed by atoms with van der Waals surface area (Å²) in [5.41, 5.74) is -0.482. The number of likely N-dealkylation sites (tertiary alicyclic amines) is 1. The molecule has 0 spiro atoms. The van der Waals surface area contributed by atoms with Gasteiger partial charge in [0.05, 0.1) is 0 Å². The number of carbonyl (C=O) groups excluding carboxylic acids is 2. The summed E-state index contributed by atoms with van der Waals surface area (Å²) in [7, 11) is 0. The Morgan fingerprint density at radius 1 is 1.05 bits per heavy atom. The second-order valence-electron chi connectivity index (χ2n) is 7.51. The summed E-state index contributed by atoms with van der Waals surface area (Å²) >= 11 is 0. The van der Waals surface area contributed by atoms with Crippen molar-refractivity contribution < 1.29 is 14.3 Å². The lowest BCUT2D eigenvalue weighted by atomic mass is 10.1. The molecule has 4 nitrogen and oxygen atoms in total. The number of fused-ring (bicyclic) bond motifs is 1. The summed E-state index contributed by atoms with van der Waals surface area (Å²) in [6.07, 6.45) is 5.34. The first kappa shape index (κ1) is 13.9. The van der Waals surface area contributed by atoms with Crippen LogP contribution in [0.5, 0.6) is 0 Å². The summed E-state index contributed by atoms with van der Waals surface area (Å²) in [6, 6.07) is -0.344. The number of hydrogen-bond acceptors (Lipinski definition) is 3. The zero-order chi connectivity index (χ0) is 14.5. The van der Waals surface area contributed by atoms with E-state index in [0.29, 0.717) is 11.8 Å². The van der Waals surface area contributed by atoms with Crippen LogP contribution in [0.4, 0.5) is 0 Å². The molecule has 2 unspecified atom stereocenters. The number of amides is 1. The number of ether oxygens (including phenoxy) is 1. The van der Waals surface area contributed by atoms with Crippen LogP contribution < -0.4 is 0 Å². The molecule has 0 N–H and O–H groups in total. The smallest absolute Gasteiger partial charge is 0.329 e. The third kappa shape index (κ3) is 2.45. The largest absolute Gasteiger partial charge is 0.458 e. The van der Waals surface area contributed by atoms with Gasteiger partial charge in [-0.1, -0.05) is 6.42 Å². The highest BCUT2D eigenvalue weighted by molar-refractivity contribution is 5.88. The molecule has 1 aliphatic heterocycles. The molecular weight excluding hydrogens is 254 g/mol. The zero-order valence-corrected chi connectivity index (χ0v) is 12.7. The first-order chi connectivity index (χ1) is 9.38. The van der Waals surface area contributed by atoms with E-state index < -0.39 is 5.60 Å². The van der Waals surface area contributed by atoms with Gasteiger partial charge >= 0.3 is 5.97 Å². The number of esters is 1. The molecule has 3 fully saturated rings. The standard InChI is InChI=1S/C16H25NO3/c1-16(2,3)20-15(19)12-8-5-9-17(12)14(18)13-10-6-4-7-11(10)13/h10-13H,4-9H2,1-3H3/t10?,11?,12-,13?/m0/s1. The van der Waals surface area contributed by atoms with Gasteiger partial charge in [0.2, 0.25) is 5.91 Å². The topological polar surface area (TPSA) is 46.6 Å². The maximum Gasteiger partial charge on any atom is 0.329 e. The normalized spacial score (nSPS) is 35.9. The molecular formula is C16H25NO3. The Labute approximate surface area is 120 Å². The van der Waals surface area contributed by atoms with E-state index in [9.17, 15) is 9.59 Å². The van der Waals surface area contributed by atoms with Crippen molar-refractivity contribution in [3.05, 3.63) is 0 Å². The van der Waals surface area contributed by atoms with E-state index in [1.54, 1.807) is 4.90 Å². The third-order valence-corrected chi connectivity index (χ3v) is 4.91. The van der Waals surface area contributed by atoms with Crippen molar-refractivity contribution in [2.24, 2.45) is 17.8 Å². The Morgan fingerprint density at radius 2 is 1.70 bits per heavy atom. The molecule has 1 amide bonds. The SMILES string of the molecule is CC(C)(C)OC(=O)[C@@H]1CCCN1C(=O)C1C2CCCC21. The van der Waals surface area contributed by atoms with Gasteiger partial charge in [-0.3, -0.25) is 4.79 Å². The second kappa shape index (κ2) is 4.74. The van der Waals surface area contributed by atoms with Gasteiger partial charge in [0.15, 0.2) is 0 Å². The Morgan fingerprint density at radius 3 is 2.30 bits per heavy atom. The molecule has 0 aromatic rings. The number of hydrogen-bond donors (Lipinski definition) is 0. The average molecular weight is 279 g/mol. The van der Waals surface area contributed by atoms with Gasteiger partial charge in [0.25, 0.3) is 0 Å². The molecule has 4 heteroatoms. The van der Waals surface area contributed by atoms with Crippen molar-refractivity contribution in [3.8, 4) is 0 Å². The number of nitrogens with zero attached hydrogens (tertiary/aromatic N) is 1. The second-order valence-corrected chi connectivity index (χ2v) is 7.51. The Hall–Kier alpha value is -1.06. The average Bonchev–Trinajstić information content (AvgIpc) is 2.78. The highest BCUT2D eigenvalue weighted by Gasteiger charge is 2.58. The Balaban J connectivity index is 1.64. The van der Waals surface area contributed by atoms with Crippen LogP contribution in [-0.2, 0) is 14.3 Å². The predicted molar refractivity (Wildman–Crippen MR) is 74.9 cm³/mol. The van der Waals surface area contributed by atoms with Gasteiger partial charge in [0.1, 0.15) is 11.6 Å². The minimum Gasteiger partial charge on any atom is -0.458 e. The summed E-state index contributed by atoms with van der Waals surface area (Å²) < 4.78 is 5.46. The summed E-state index contributed by atoms with van der Waals surface area (Å²) in [4.78, 5) is 26.7. The number of carbonyl (C=O) groups is 2. The summed E-state index contributed by atoms with van der Waals surface area (Å²) in [5.74, 6) is 1.43. The van der Waals surface area contributed by atoms with E-state index in [0.717, 1.165) is 19.4 Å². The molecule has 3 aliphatic rings. The van der Waals surface area contributed by atoms with Crippen LogP contribution in [0.25, 0.3) is 0 Å². The third-order valence-electron chi connectivity index (χ3n) is 4.91. The number of rotatable bonds is 2. The molecule has 3 rings (SSSR count). The lowest BCUT2D eigenvalue weighted by molar-refractivity contribution is -0.163. The van der Waals surface area contributed by atoms with E-state index in [2.05, 4.69) is 0 Å². The van der Waals surface area contributed by atoms with Crippen LogP contribution >= 0.6 is 0 Å². The molecule has 20 heavy (non-hydrogen) atoms. The molecule has 1 saturated heterocycles. The highest BCUT2D eigenvalue weighted by Crippen LogP contribution is 2.58. The van der Waals surface area contributed by atoms with Gasteiger partial charge in [-0.05, 0) is 58.3 Å². The van der Waals surface area contributed by atoms with Crippen LogP contribution in [0, 0.1) is 17.8 Å². The van der Waals surface area contributed by atoms with E-state index in [1.807, 2.05) is 20.8 Å². The molecule has 2 aliphatic carbocycles. The van der Waals surface area contributed by atoms with Crippen molar-refractivity contribution in [2.75, 3.05) is 6.54 Å². The molecule has 1 heterocycles. The minimum atomic E-state index is -0.482. The van der Waals surface area contributed by atoms with Crippen LogP contribution in [0.2, 0.25) is 0 Å². The van der Waals surface area contributed by atoms with Gasteiger partial charge < -0.3 is 9.64 Å². The van der Waals surface area contributed by atoms with Crippen molar-refractivity contribution in [1.29, 1.82) is 0 Å². The van der Waals surface area contributed by atoms with Crippen LogP contribution in [0.1, 0.15) is 52.9 Å². The lowest BCUT2D eigenvalue weighted by Crippen LogP contribution is -2.44. The molecule has 3 atom stereocenters. The molecule has 0 radical (unpaired) electrons. The van der Waals surface area contributed by atoms with Crippen LogP contribution in [0.15, 0.2) is 0 Å².